The van der Waals surface area contributed by atoms with Crippen LogP contribution in [0.1, 0.15) is 62.5 Å². The maximum Gasteiger partial charge on any atom is 0.315 e. The van der Waals surface area contributed by atoms with Gasteiger partial charge in [0, 0.05) is 13.1 Å². The van der Waals surface area contributed by atoms with Gasteiger partial charge in [-0.05, 0) is 44.5 Å². The fourth-order valence-electron chi connectivity index (χ4n) is 4.02. The van der Waals surface area contributed by atoms with Crippen LogP contribution in [-0.4, -0.2) is 50.1 Å². The molecule has 2 rings (SSSR count). The first kappa shape index (κ1) is 28.4. The number of carbonyl (C=O) groups excluding carboxylic acids is 2. The van der Waals surface area contributed by atoms with Crippen LogP contribution >= 0.6 is 0 Å². The van der Waals surface area contributed by atoms with Crippen molar-refractivity contribution in [3.8, 4) is 0 Å². The van der Waals surface area contributed by atoms with Gasteiger partial charge < -0.3 is 20.3 Å². The molecule has 0 heterocycles. The highest BCUT2D eigenvalue weighted by molar-refractivity contribution is 5.76. The number of likely N-dealkylation sites (N-methyl/N-ethyl adjacent to an activating group) is 1. The summed E-state index contributed by atoms with van der Waals surface area (Å²) in [6.45, 7) is 1.46. The number of ether oxygens (including phenoxy) is 1. The number of rotatable bonds is 17. The van der Waals surface area contributed by atoms with Gasteiger partial charge in [0.1, 0.15) is 6.61 Å². The topological polar surface area (TPSA) is 70.7 Å². The third kappa shape index (κ3) is 14.2. The fraction of sp³-hybridized carbons (Fsp3) is 0.517. The summed E-state index contributed by atoms with van der Waals surface area (Å²) in [5, 5.41) is 5.85. The van der Waals surface area contributed by atoms with E-state index in [-0.39, 0.29) is 31.1 Å². The summed E-state index contributed by atoms with van der Waals surface area (Å²) in [4.78, 5) is 26.6. The Morgan fingerprint density at radius 2 is 1.37 bits per heavy atom. The van der Waals surface area contributed by atoms with Gasteiger partial charge in [-0.1, -0.05) is 92.8 Å². The molecule has 0 radical (unpaired) electrons. The molecule has 0 fully saturated rings. The van der Waals surface area contributed by atoms with Crippen LogP contribution in [0.2, 0.25) is 0 Å². The molecule has 0 spiro atoms. The average Bonchev–Trinajstić information content (AvgIpc) is 2.84. The highest BCUT2D eigenvalue weighted by Gasteiger charge is 2.18. The number of nitrogens with one attached hydrogen (secondary N) is 2. The van der Waals surface area contributed by atoms with Crippen molar-refractivity contribution >= 4 is 12.0 Å². The minimum absolute atomic E-state index is 0.142. The number of esters is 1. The van der Waals surface area contributed by atoms with Crippen LogP contribution in [-0.2, 0) is 22.6 Å². The van der Waals surface area contributed by atoms with Gasteiger partial charge >= 0.3 is 12.0 Å². The monoisotopic (exact) mass is 481 g/mol. The van der Waals surface area contributed by atoms with Crippen LogP contribution in [0.5, 0.6) is 0 Å². The van der Waals surface area contributed by atoms with Crippen LogP contribution in [0.3, 0.4) is 0 Å². The van der Waals surface area contributed by atoms with E-state index in [1.54, 1.807) is 0 Å². The minimum Gasteiger partial charge on any atom is -0.461 e. The highest BCUT2D eigenvalue weighted by Crippen LogP contribution is 2.10. The van der Waals surface area contributed by atoms with Gasteiger partial charge in [-0.3, -0.25) is 4.79 Å². The van der Waals surface area contributed by atoms with E-state index in [4.69, 9.17) is 4.74 Å². The van der Waals surface area contributed by atoms with Gasteiger partial charge in [-0.2, -0.15) is 0 Å². The van der Waals surface area contributed by atoms with Crippen LogP contribution < -0.4 is 10.6 Å². The molecule has 0 saturated heterocycles. The third-order valence-electron chi connectivity index (χ3n) is 5.85. The van der Waals surface area contributed by atoms with Crippen LogP contribution in [0.15, 0.2) is 60.7 Å². The van der Waals surface area contributed by atoms with E-state index in [1.165, 1.54) is 44.1 Å². The first-order valence-corrected chi connectivity index (χ1v) is 13.0. The molecule has 0 aliphatic rings. The maximum atomic E-state index is 12.3. The zero-order valence-corrected chi connectivity index (χ0v) is 21.5. The lowest BCUT2D eigenvalue weighted by molar-refractivity contribution is -0.145. The lowest BCUT2D eigenvalue weighted by Gasteiger charge is -2.22. The van der Waals surface area contributed by atoms with Gasteiger partial charge in [0.25, 0.3) is 0 Å². The largest absolute Gasteiger partial charge is 0.461 e. The number of nitrogens with zero attached hydrogens (tertiary/aromatic N) is 1. The standard InChI is InChI=1S/C29H43N3O3/c1-32(2)23-27(22-28(33)35-24-26-19-13-9-14-20-26)31-29(34)30-21-15-7-5-3-4-6-10-16-25-17-11-8-12-18-25/h8-9,11-14,17-20,27H,3-7,10,15-16,21-24H2,1-2H3,(H2,30,31,34)/t27-/m1/s1. The molecule has 0 unspecified atom stereocenters. The summed E-state index contributed by atoms with van der Waals surface area (Å²) in [5.74, 6) is -0.315. The minimum atomic E-state index is -0.315. The molecular weight excluding hydrogens is 438 g/mol. The number of hydrogen-bond acceptors (Lipinski definition) is 4. The molecule has 0 bridgehead atoms. The zero-order chi connectivity index (χ0) is 25.1. The van der Waals surface area contributed by atoms with E-state index in [1.807, 2.05) is 49.3 Å². The SMILES string of the molecule is CN(C)C[C@@H](CC(=O)OCc1ccccc1)NC(=O)NCCCCCCCCCc1ccccc1. The van der Waals surface area contributed by atoms with Crippen molar-refractivity contribution in [2.24, 2.45) is 0 Å². The average molecular weight is 482 g/mol. The van der Waals surface area contributed by atoms with Crippen molar-refractivity contribution in [3.05, 3.63) is 71.8 Å². The van der Waals surface area contributed by atoms with Crippen molar-refractivity contribution in [1.82, 2.24) is 15.5 Å². The van der Waals surface area contributed by atoms with E-state index < -0.39 is 0 Å². The Morgan fingerprint density at radius 1 is 0.800 bits per heavy atom. The van der Waals surface area contributed by atoms with Crippen LogP contribution in [0, 0.1) is 0 Å². The molecule has 0 aromatic heterocycles. The van der Waals surface area contributed by atoms with Crippen LogP contribution in [0.4, 0.5) is 4.79 Å². The smallest absolute Gasteiger partial charge is 0.315 e. The van der Waals surface area contributed by atoms with Crippen molar-refractivity contribution < 1.29 is 14.3 Å². The molecule has 2 aromatic rings. The number of carbonyl (C=O) groups is 2. The number of benzene rings is 2. The van der Waals surface area contributed by atoms with E-state index in [0.717, 1.165) is 18.4 Å². The summed E-state index contributed by atoms with van der Waals surface area (Å²) in [6.07, 6.45) is 9.63. The molecular formula is C29H43N3O3. The van der Waals surface area contributed by atoms with E-state index >= 15 is 0 Å². The number of unbranched alkanes of at least 4 members (excludes halogenated alkanes) is 6. The quantitative estimate of drug-likeness (QED) is 0.237. The number of hydrogen-bond donors (Lipinski definition) is 2. The molecule has 35 heavy (non-hydrogen) atoms. The summed E-state index contributed by atoms with van der Waals surface area (Å²) in [7, 11) is 3.84. The molecule has 6 nitrogen and oxygen atoms in total. The second-order valence-electron chi connectivity index (χ2n) is 9.42. The highest BCUT2D eigenvalue weighted by atomic mass is 16.5. The van der Waals surface area contributed by atoms with E-state index in [9.17, 15) is 9.59 Å². The molecule has 0 aliphatic heterocycles. The Balaban J connectivity index is 1.52. The summed E-state index contributed by atoms with van der Waals surface area (Å²) < 4.78 is 5.38. The van der Waals surface area contributed by atoms with Crippen molar-refractivity contribution in [2.45, 2.75) is 70.4 Å². The first-order chi connectivity index (χ1) is 17.0. The molecule has 2 aromatic carbocycles. The first-order valence-electron chi connectivity index (χ1n) is 13.0. The third-order valence-corrected chi connectivity index (χ3v) is 5.85. The Bertz CT molecular complexity index is 828. The van der Waals surface area contributed by atoms with Crippen molar-refractivity contribution in [1.29, 1.82) is 0 Å². The molecule has 192 valence electrons. The molecule has 2 amide bonds. The Hall–Kier alpha value is -2.86. The van der Waals surface area contributed by atoms with Crippen LogP contribution in [0.25, 0.3) is 0 Å². The van der Waals surface area contributed by atoms with Gasteiger partial charge in [0.15, 0.2) is 0 Å². The molecule has 2 N–H and O–H groups in total. The fourth-order valence-corrected chi connectivity index (χ4v) is 4.02. The molecule has 6 heteroatoms. The summed E-state index contributed by atoms with van der Waals surface area (Å²) >= 11 is 0. The molecule has 1 atom stereocenters. The van der Waals surface area contributed by atoms with Gasteiger partial charge in [-0.15, -0.1) is 0 Å². The summed E-state index contributed by atoms with van der Waals surface area (Å²) in [6, 6.07) is 19.7. The van der Waals surface area contributed by atoms with Crippen molar-refractivity contribution in [2.75, 3.05) is 27.2 Å². The Labute approximate surface area is 211 Å². The second kappa shape index (κ2) is 17.6. The Kier molecular flexibility index (Phi) is 14.2. The second-order valence-corrected chi connectivity index (χ2v) is 9.42. The summed E-state index contributed by atoms with van der Waals surface area (Å²) in [5.41, 5.74) is 2.37. The number of amides is 2. The molecule has 0 saturated carbocycles. The Morgan fingerprint density at radius 3 is 2.00 bits per heavy atom. The molecule has 0 aliphatic carbocycles. The maximum absolute atomic E-state index is 12.3. The van der Waals surface area contributed by atoms with E-state index in [2.05, 4.69) is 41.0 Å². The van der Waals surface area contributed by atoms with Gasteiger partial charge in [0.05, 0.1) is 12.5 Å². The normalized spacial score (nSPS) is 11.7. The number of aryl methyl sites for hydroxylation is 1. The lowest BCUT2D eigenvalue weighted by atomic mass is 10.0. The number of urea groups is 1. The van der Waals surface area contributed by atoms with Gasteiger partial charge in [-0.25, -0.2) is 4.79 Å². The van der Waals surface area contributed by atoms with Crippen molar-refractivity contribution in [3.63, 3.8) is 0 Å². The van der Waals surface area contributed by atoms with Gasteiger partial charge in [0.2, 0.25) is 0 Å². The zero-order valence-electron chi connectivity index (χ0n) is 21.5. The lowest BCUT2D eigenvalue weighted by Crippen LogP contribution is -2.47. The predicted molar refractivity (Wildman–Crippen MR) is 142 cm³/mol. The predicted octanol–water partition coefficient (Wildman–Crippen LogP) is 5.32. The van der Waals surface area contributed by atoms with E-state index in [0.29, 0.717) is 13.1 Å².